The van der Waals surface area contributed by atoms with Crippen molar-refractivity contribution in [2.24, 2.45) is 23.5 Å². The molecule has 0 bridgehead atoms. The first-order valence-electron chi connectivity index (χ1n) is 42.5. The van der Waals surface area contributed by atoms with Crippen LogP contribution in [0.2, 0.25) is 0 Å². The van der Waals surface area contributed by atoms with E-state index in [-0.39, 0.29) is 44.6 Å². The molecule has 0 saturated carbocycles. The zero-order valence-electron chi connectivity index (χ0n) is 78.7. The Morgan fingerprint density at radius 3 is 1.23 bits per heavy atom. The number of nitrogens with two attached hydrogens (primary N) is 1. The summed E-state index contributed by atoms with van der Waals surface area (Å²) >= 11 is 0. The lowest BCUT2D eigenvalue weighted by Gasteiger charge is -2.36. The number of primary amides is 1. The monoisotopic (exact) mass is 1810 g/mol. The minimum atomic E-state index is -1.91. The summed E-state index contributed by atoms with van der Waals surface area (Å²) in [5.74, 6) is -19.5. The molecule has 10 atom stereocenters. The van der Waals surface area contributed by atoms with Gasteiger partial charge in [0, 0.05) is 26.3 Å². The minimum Gasteiger partial charge on any atom is -0.481 e. The van der Waals surface area contributed by atoms with Crippen LogP contribution in [0.4, 0.5) is 0 Å². The van der Waals surface area contributed by atoms with Crippen LogP contribution in [0, 0.1) is 17.8 Å². The third-order valence-electron chi connectivity index (χ3n) is 20.8. The van der Waals surface area contributed by atoms with Crippen molar-refractivity contribution in [2.75, 3.05) is 19.7 Å². The molecule has 0 spiro atoms. The highest BCUT2D eigenvalue weighted by Gasteiger charge is 2.47. The van der Waals surface area contributed by atoms with Gasteiger partial charge >= 0.3 is 5.97 Å². The summed E-state index contributed by atoms with van der Waals surface area (Å²) in [7, 11) is 0. The Morgan fingerprint density at radius 2 is 0.797 bits per heavy atom. The van der Waals surface area contributed by atoms with Crippen molar-refractivity contribution in [2.45, 2.75) is 336 Å². The topological polar surface area (TPSA) is 645 Å². The number of benzene rings is 1. The Morgan fingerprint density at radius 1 is 0.414 bits per heavy atom. The van der Waals surface area contributed by atoms with Crippen molar-refractivity contribution in [1.29, 1.82) is 0 Å². The Bertz CT molecular complexity index is 4250. The Hall–Kier alpha value is -12.0. The van der Waals surface area contributed by atoms with E-state index in [9.17, 15) is 111 Å². The fourth-order valence-electron chi connectivity index (χ4n) is 12.8. The van der Waals surface area contributed by atoms with Crippen LogP contribution in [-0.2, 0) is 107 Å². The summed E-state index contributed by atoms with van der Waals surface area (Å²) in [5.41, 5.74) is -7.68. The predicted octanol–water partition coefficient (Wildman–Crippen LogP) is -3.58. The van der Waals surface area contributed by atoms with Crippen molar-refractivity contribution >= 4 is 124 Å². The number of carboxylic acids is 1. The average molecular weight is 1810 g/mol. The number of amides is 20. The maximum absolute atomic E-state index is 14.5. The number of nitrogens with zero attached hydrogens (tertiary/aromatic N) is 1. The van der Waals surface area contributed by atoms with Gasteiger partial charge in [0.25, 0.3) is 0 Å². The second-order valence-corrected chi connectivity index (χ2v) is 37.8. The molecule has 0 aromatic heterocycles. The van der Waals surface area contributed by atoms with E-state index in [1.54, 1.807) is 71.9 Å². The molecule has 1 aliphatic heterocycles. The fourth-order valence-corrected chi connectivity index (χ4v) is 12.8. The van der Waals surface area contributed by atoms with Crippen LogP contribution in [0.3, 0.4) is 0 Å². The van der Waals surface area contributed by atoms with Crippen molar-refractivity contribution in [3.05, 3.63) is 35.9 Å². The molecule has 1 aromatic rings. The largest absolute Gasteiger partial charge is 0.481 e. The van der Waals surface area contributed by atoms with E-state index in [1.165, 1.54) is 143 Å². The predicted molar refractivity (Wildman–Crippen MR) is 467 cm³/mol. The van der Waals surface area contributed by atoms with Gasteiger partial charge in [0.15, 0.2) is 0 Å². The third kappa shape index (κ3) is 35.4. The van der Waals surface area contributed by atoms with E-state index in [4.69, 9.17) is 5.73 Å². The maximum Gasteiger partial charge on any atom is 0.303 e. The average Bonchev–Trinajstić information content (AvgIpc) is 1.55. The molecule has 1 saturated heterocycles. The minimum absolute atomic E-state index is 0.0243. The summed E-state index contributed by atoms with van der Waals surface area (Å²) in [6, 6.07) is -4.12. The molecular formula is C85H140N20O23. The zero-order valence-corrected chi connectivity index (χ0v) is 78.7. The van der Waals surface area contributed by atoms with Crippen LogP contribution in [0.25, 0.3) is 0 Å². The van der Waals surface area contributed by atoms with Gasteiger partial charge in [-0.15, -0.1) is 0 Å². The summed E-state index contributed by atoms with van der Waals surface area (Å²) < 4.78 is 0. The second kappa shape index (κ2) is 47.2. The van der Waals surface area contributed by atoms with E-state index in [1.807, 2.05) is 0 Å². The molecule has 43 heteroatoms. The number of carbonyl (C=O) groups excluding carboxylic acids is 20. The first-order chi connectivity index (χ1) is 58.5. The number of rotatable bonds is 49. The lowest BCUT2D eigenvalue weighted by molar-refractivity contribution is -0.146. The van der Waals surface area contributed by atoms with Crippen molar-refractivity contribution in [1.82, 2.24) is 101 Å². The standard InChI is InChI=1S/C85H140N20O23/c1-43(2)39-54(92-57(109)41-87-70(121)78(11,12)102-69(120)60(45(5)6)96-75(126)82(19,20)100-63(114)48(9)90-73(124)81(17,18)99-62(113)47(8)89-72(123)80(15,16)98-61(112)46(7)88-71(122)79(13,14)97-49(10)107)66(117)101-85(25,26)77(128)105-38-30-33-55(105)67(118)95-59(44(3)4)68(119)103-84(23,24)76(127)104-83(21,22)74(125)94-53(35-37-58(110)111)65(116)93-52(34-36-56(86)108)64(115)91-51(42-106)40-50-31-28-27-29-32-50/h27-29,31-32,43-48,51-55,59-60,106H,30,33-42H2,1-26H3,(H2,86,108)(H,87,121)(H,88,122)(H,89,123)(H,90,124)(H,91,115)(H,92,109)(H,93,116)(H,94,125)(H,95,118)(H,96,126)(H,97,107)(H,98,112)(H,99,113)(H,100,114)(H,101,117)(H,102,120)(H,103,119)(H,104,127)(H,110,111). The summed E-state index contributed by atoms with van der Waals surface area (Å²) in [6.45, 7) is 35.2. The van der Waals surface area contributed by atoms with Gasteiger partial charge in [-0.3, -0.25) is 101 Å². The van der Waals surface area contributed by atoms with Gasteiger partial charge in [0.05, 0.1) is 19.2 Å². The van der Waals surface area contributed by atoms with Gasteiger partial charge in [0.2, 0.25) is 118 Å². The maximum atomic E-state index is 14.5. The van der Waals surface area contributed by atoms with Crippen LogP contribution in [-0.4, -0.2) is 264 Å². The number of carbonyl (C=O) groups is 21. The highest BCUT2D eigenvalue weighted by Crippen LogP contribution is 2.24. The number of aliphatic hydroxyl groups excluding tert-OH is 1. The van der Waals surface area contributed by atoms with E-state index in [2.05, 4.69) is 95.7 Å². The number of likely N-dealkylation sites (tertiary alicyclic amines) is 1. The van der Waals surface area contributed by atoms with Crippen LogP contribution in [0.1, 0.15) is 231 Å². The number of aliphatic carboxylic acids is 1. The number of nitrogens with one attached hydrogen (secondary N) is 18. The quantitative estimate of drug-likeness (QED) is 0.0300. The normalized spacial score (nSPS) is 15.4. The molecule has 10 unspecified atom stereocenters. The molecule has 1 heterocycles. The first-order valence-corrected chi connectivity index (χ1v) is 42.5. The van der Waals surface area contributed by atoms with Gasteiger partial charge in [-0.2, -0.15) is 0 Å². The lowest BCUT2D eigenvalue weighted by atomic mass is 9.96. The fraction of sp³-hybridized carbons (Fsp3) is 0.682. The van der Waals surface area contributed by atoms with Gasteiger partial charge in [-0.25, -0.2) is 0 Å². The van der Waals surface area contributed by atoms with E-state index < -0.39 is 267 Å². The Balaban J connectivity index is 2.13. The van der Waals surface area contributed by atoms with Gasteiger partial charge in [-0.05, 0) is 193 Å². The molecule has 1 aliphatic rings. The molecule has 20 amide bonds. The SMILES string of the molecule is CC(=O)NC(C)(C)C(=O)NC(C)C(=O)NC(C)(C)C(=O)NC(C)C(=O)NC(C)(C)C(=O)NC(C)C(=O)NC(C)(C)C(=O)NC(C(=O)NC(C)(C)C(=O)NCC(=O)NC(CC(C)C)C(=O)NC(C)(C)C(=O)N1CCCC1C(=O)NC(C(=O)NC(C)(C)C(=O)NC(C)(C)C(=O)NC(CCC(=O)O)C(=O)NC(CCC(N)=O)C(=O)NC(CO)Cc1ccccc1)C(C)C)C(C)C. The molecule has 0 aliphatic carbocycles. The van der Waals surface area contributed by atoms with Gasteiger partial charge < -0.3 is 117 Å². The zero-order chi connectivity index (χ0) is 98.8. The molecule has 718 valence electrons. The number of hydrogen-bond donors (Lipinski definition) is 21. The lowest BCUT2D eigenvalue weighted by Crippen LogP contribution is -2.66. The van der Waals surface area contributed by atoms with E-state index >= 15 is 0 Å². The van der Waals surface area contributed by atoms with Crippen LogP contribution >= 0.6 is 0 Å². The van der Waals surface area contributed by atoms with Crippen LogP contribution in [0.15, 0.2) is 30.3 Å². The molecule has 1 fully saturated rings. The van der Waals surface area contributed by atoms with Crippen molar-refractivity contribution < 1.29 is 111 Å². The highest BCUT2D eigenvalue weighted by molar-refractivity contribution is 6.04. The molecule has 128 heavy (non-hydrogen) atoms. The summed E-state index contributed by atoms with van der Waals surface area (Å²) in [5, 5.41) is 65.3. The van der Waals surface area contributed by atoms with Gasteiger partial charge in [-0.1, -0.05) is 71.9 Å². The van der Waals surface area contributed by atoms with Gasteiger partial charge in [0.1, 0.15) is 98.7 Å². The van der Waals surface area contributed by atoms with E-state index in [0.717, 1.165) is 5.56 Å². The smallest absolute Gasteiger partial charge is 0.303 e. The molecule has 1 aromatic carbocycles. The molecule has 0 radical (unpaired) electrons. The van der Waals surface area contributed by atoms with Crippen LogP contribution < -0.4 is 101 Å². The number of aliphatic hydroxyl groups is 1. The molecule has 22 N–H and O–H groups in total. The van der Waals surface area contributed by atoms with Crippen molar-refractivity contribution in [3.8, 4) is 0 Å². The Kier molecular flexibility index (Phi) is 41.3. The van der Waals surface area contributed by atoms with Crippen LogP contribution in [0.5, 0.6) is 0 Å². The molecule has 2 rings (SSSR count). The first kappa shape index (κ1) is 112. The number of carboxylic acid groups (broad SMARTS) is 1. The third-order valence-corrected chi connectivity index (χ3v) is 20.8. The van der Waals surface area contributed by atoms with E-state index in [0.29, 0.717) is 6.42 Å². The second-order valence-electron chi connectivity index (χ2n) is 37.8. The summed E-state index contributed by atoms with van der Waals surface area (Å²) in [4.78, 5) is 285. The Labute approximate surface area is 747 Å². The summed E-state index contributed by atoms with van der Waals surface area (Å²) in [6.07, 6.45) is -1.24. The highest BCUT2D eigenvalue weighted by atomic mass is 16.4. The number of hydrogen-bond acceptors (Lipinski definition) is 22. The molecular weight excluding hydrogens is 1670 g/mol. The van der Waals surface area contributed by atoms with Crippen molar-refractivity contribution in [3.63, 3.8) is 0 Å². The molecule has 43 nitrogen and oxygen atoms in total.